The van der Waals surface area contributed by atoms with E-state index in [-0.39, 0.29) is 10.3 Å². The Bertz CT molecular complexity index is 1310. The number of aromatic nitrogens is 3. The molecule has 0 aliphatic rings. The molecule has 4 aromatic rings. The maximum atomic E-state index is 12.6. The molecule has 0 unspecified atom stereocenters. The Balaban J connectivity index is 1.86. The summed E-state index contributed by atoms with van der Waals surface area (Å²) < 4.78 is 1.36. The number of rotatable bonds is 2. The van der Waals surface area contributed by atoms with Crippen molar-refractivity contribution in [3.8, 4) is 0 Å². The number of H-pyrrole nitrogens is 1. The Morgan fingerprint density at radius 2 is 2.04 bits per heavy atom. The quantitative estimate of drug-likeness (QED) is 0.317. The zero-order chi connectivity index (χ0) is 18.3. The third kappa shape index (κ3) is 2.83. The second kappa shape index (κ2) is 6.48. The lowest BCUT2D eigenvalue weighted by Gasteiger charge is -2.05. The van der Waals surface area contributed by atoms with Crippen LogP contribution in [-0.2, 0) is 0 Å². The summed E-state index contributed by atoms with van der Waals surface area (Å²) in [5.74, 6) is 0. The monoisotopic (exact) mass is 380 g/mol. The highest BCUT2D eigenvalue weighted by Crippen LogP contribution is 2.21. The topological polar surface area (TPSA) is 63.0 Å². The van der Waals surface area contributed by atoms with Crippen LogP contribution >= 0.6 is 23.8 Å². The van der Waals surface area contributed by atoms with Gasteiger partial charge in [0.2, 0.25) is 4.77 Å². The lowest BCUT2D eigenvalue weighted by molar-refractivity contribution is 0.799. The number of para-hydroxylation sites is 2. The molecule has 0 atom stereocenters. The van der Waals surface area contributed by atoms with Gasteiger partial charge in [0.1, 0.15) is 5.15 Å². The van der Waals surface area contributed by atoms with Crippen molar-refractivity contribution in [1.82, 2.24) is 14.6 Å². The standard InChI is InChI=1S/C19H13ClN4OS/c1-11-5-4-6-12-9-13(17(20)23-16(11)12)10-21-24-18(25)14-7-2-3-8-15(14)22-19(24)26/h2-10H,1H3,(H,22,26)/b21-10-. The Labute approximate surface area is 158 Å². The fourth-order valence-corrected chi connectivity index (χ4v) is 3.24. The largest absolute Gasteiger partial charge is 0.330 e. The van der Waals surface area contributed by atoms with Crippen LogP contribution in [0.1, 0.15) is 11.1 Å². The normalized spacial score (nSPS) is 11.6. The molecule has 1 N–H and O–H groups in total. The first-order valence-corrected chi connectivity index (χ1v) is 8.67. The van der Waals surface area contributed by atoms with Gasteiger partial charge in [-0.25, -0.2) is 4.98 Å². The molecule has 0 aliphatic heterocycles. The third-order valence-corrected chi connectivity index (χ3v) is 4.70. The fourth-order valence-electron chi connectivity index (χ4n) is 2.81. The lowest BCUT2D eigenvalue weighted by Crippen LogP contribution is -2.18. The van der Waals surface area contributed by atoms with E-state index in [9.17, 15) is 4.79 Å². The number of aromatic amines is 1. The number of pyridine rings is 1. The van der Waals surface area contributed by atoms with Gasteiger partial charge in [0.15, 0.2) is 0 Å². The zero-order valence-electron chi connectivity index (χ0n) is 13.7. The molecule has 0 radical (unpaired) electrons. The summed E-state index contributed by atoms with van der Waals surface area (Å²) in [7, 11) is 0. The van der Waals surface area contributed by atoms with E-state index in [1.807, 2.05) is 37.3 Å². The van der Waals surface area contributed by atoms with Crippen LogP contribution in [0.15, 0.2) is 58.4 Å². The van der Waals surface area contributed by atoms with E-state index in [0.717, 1.165) is 21.1 Å². The SMILES string of the molecule is Cc1cccc2cc(/C=N\n3c(=S)[nH]c4ccccc4c3=O)c(Cl)nc12. The maximum absolute atomic E-state index is 12.6. The van der Waals surface area contributed by atoms with Gasteiger partial charge in [-0.1, -0.05) is 41.9 Å². The number of nitrogens with one attached hydrogen (secondary N) is 1. The van der Waals surface area contributed by atoms with Crippen LogP contribution in [0.3, 0.4) is 0 Å². The Hall–Kier alpha value is -2.83. The van der Waals surface area contributed by atoms with E-state index in [1.54, 1.807) is 18.2 Å². The average molecular weight is 381 g/mol. The van der Waals surface area contributed by atoms with Gasteiger partial charge in [-0.05, 0) is 42.9 Å². The number of nitrogens with zero attached hydrogens (tertiary/aromatic N) is 3. The summed E-state index contributed by atoms with van der Waals surface area (Å²) in [6, 6.07) is 14.9. The van der Waals surface area contributed by atoms with Gasteiger partial charge in [-0.3, -0.25) is 4.79 Å². The molecule has 4 rings (SSSR count). The van der Waals surface area contributed by atoms with E-state index in [4.69, 9.17) is 23.8 Å². The van der Waals surface area contributed by atoms with Crippen molar-refractivity contribution >= 4 is 51.8 Å². The number of halogens is 1. The number of benzene rings is 2. The summed E-state index contributed by atoms with van der Waals surface area (Å²) >= 11 is 11.5. The van der Waals surface area contributed by atoms with Crippen LogP contribution < -0.4 is 5.56 Å². The van der Waals surface area contributed by atoms with Crippen molar-refractivity contribution in [2.24, 2.45) is 5.10 Å². The van der Waals surface area contributed by atoms with Crippen LogP contribution in [0.2, 0.25) is 5.15 Å². The summed E-state index contributed by atoms with van der Waals surface area (Å²) in [5.41, 5.74) is 2.88. The minimum Gasteiger partial charge on any atom is -0.330 e. The first kappa shape index (κ1) is 16.6. The zero-order valence-corrected chi connectivity index (χ0v) is 15.3. The van der Waals surface area contributed by atoms with Gasteiger partial charge in [-0.2, -0.15) is 9.78 Å². The molecule has 2 aromatic carbocycles. The summed E-state index contributed by atoms with van der Waals surface area (Å²) in [6.07, 6.45) is 1.50. The predicted octanol–water partition coefficient (Wildman–Crippen LogP) is 4.45. The van der Waals surface area contributed by atoms with Gasteiger partial charge in [0, 0.05) is 10.9 Å². The molecule has 0 saturated heterocycles. The molecule has 5 nitrogen and oxygen atoms in total. The van der Waals surface area contributed by atoms with Crippen molar-refractivity contribution in [2.45, 2.75) is 6.92 Å². The Morgan fingerprint density at radius 1 is 1.23 bits per heavy atom. The molecule has 0 fully saturated rings. The highest BCUT2D eigenvalue weighted by molar-refractivity contribution is 7.71. The molecule has 2 aromatic heterocycles. The van der Waals surface area contributed by atoms with Crippen molar-refractivity contribution < 1.29 is 0 Å². The molecule has 0 aliphatic carbocycles. The van der Waals surface area contributed by atoms with Gasteiger partial charge in [-0.15, -0.1) is 0 Å². The Morgan fingerprint density at radius 3 is 2.88 bits per heavy atom. The van der Waals surface area contributed by atoms with Gasteiger partial charge < -0.3 is 4.98 Å². The smallest absolute Gasteiger partial charge is 0.282 e. The maximum Gasteiger partial charge on any atom is 0.282 e. The number of hydrogen-bond acceptors (Lipinski definition) is 4. The van der Waals surface area contributed by atoms with E-state index in [1.165, 1.54) is 6.21 Å². The van der Waals surface area contributed by atoms with Crippen LogP contribution in [0, 0.1) is 11.7 Å². The molecule has 0 amide bonds. The van der Waals surface area contributed by atoms with Gasteiger partial charge in [0.25, 0.3) is 5.56 Å². The highest BCUT2D eigenvalue weighted by atomic mass is 35.5. The molecular formula is C19H13ClN4OS. The second-order valence-corrected chi connectivity index (χ2v) is 6.60. The van der Waals surface area contributed by atoms with E-state index < -0.39 is 0 Å². The van der Waals surface area contributed by atoms with Crippen molar-refractivity contribution in [3.63, 3.8) is 0 Å². The highest BCUT2D eigenvalue weighted by Gasteiger charge is 2.07. The molecule has 0 saturated carbocycles. The molecule has 0 bridgehead atoms. The molecule has 2 heterocycles. The van der Waals surface area contributed by atoms with E-state index in [2.05, 4.69) is 15.1 Å². The summed E-state index contributed by atoms with van der Waals surface area (Å²) in [4.78, 5) is 20.1. The number of hydrogen-bond donors (Lipinski definition) is 1. The van der Waals surface area contributed by atoms with Crippen LogP contribution in [-0.4, -0.2) is 20.9 Å². The first-order chi connectivity index (χ1) is 12.5. The Kier molecular flexibility index (Phi) is 4.14. The molecule has 128 valence electrons. The fraction of sp³-hybridized carbons (Fsp3) is 0.0526. The molecular weight excluding hydrogens is 368 g/mol. The van der Waals surface area contributed by atoms with E-state index in [0.29, 0.717) is 21.6 Å². The molecule has 0 spiro atoms. The van der Waals surface area contributed by atoms with Gasteiger partial charge in [0.05, 0.1) is 22.6 Å². The molecule has 7 heteroatoms. The third-order valence-electron chi connectivity index (χ3n) is 4.12. The van der Waals surface area contributed by atoms with Crippen molar-refractivity contribution in [3.05, 3.63) is 79.9 Å². The lowest BCUT2D eigenvalue weighted by atomic mass is 10.1. The molecule has 26 heavy (non-hydrogen) atoms. The average Bonchev–Trinajstić information content (AvgIpc) is 2.63. The second-order valence-electron chi connectivity index (χ2n) is 5.85. The first-order valence-electron chi connectivity index (χ1n) is 7.89. The van der Waals surface area contributed by atoms with Crippen LogP contribution in [0.25, 0.3) is 21.8 Å². The predicted molar refractivity (Wildman–Crippen MR) is 108 cm³/mol. The minimum absolute atomic E-state index is 0.214. The van der Waals surface area contributed by atoms with Gasteiger partial charge >= 0.3 is 0 Å². The summed E-state index contributed by atoms with van der Waals surface area (Å²) in [5, 5.41) is 6.02. The number of fused-ring (bicyclic) bond motifs is 2. The van der Waals surface area contributed by atoms with Crippen molar-refractivity contribution in [2.75, 3.05) is 0 Å². The summed E-state index contributed by atoms with van der Waals surface area (Å²) in [6.45, 7) is 1.98. The minimum atomic E-state index is -0.290. The number of aryl methyl sites for hydroxylation is 1. The van der Waals surface area contributed by atoms with E-state index >= 15 is 0 Å². The van der Waals surface area contributed by atoms with Crippen molar-refractivity contribution in [1.29, 1.82) is 0 Å². The van der Waals surface area contributed by atoms with Crippen LogP contribution in [0.5, 0.6) is 0 Å². The van der Waals surface area contributed by atoms with Crippen LogP contribution in [0.4, 0.5) is 0 Å².